The Kier molecular flexibility index (Phi) is 3.37. The summed E-state index contributed by atoms with van der Waals surface area (Å²) in [7, 11) is 0. The van der Waals surface area contributed by atoms with Gasteiger partial charge in [-0.3, -0.25) is 10.1 Å². The first kappa shape index (κ1) is 13.8. The van der Waals surface area contributed by atoms with Gasteiger partial charge in [0, 0.05) is 23.3 Å². The molecule has 2 aromatic rings. The second-order valence-corrected chi connectivity index (χ2v) is 7.09. The summed E-state index contributed by atoms with van der Waals surface area (Å²) in [5, 5.41) is 5.51. The Morgan fingerprint density at radius 2 is 2.27 bits per heavy atom. The lowest BCUT2D eigenvalue weighted by Gasteiger charge is -1.95. The van der Waals surface area contributed by atoms with E-state index in [4.69, 9.17) is 4.42 Å². The number of hydrogen-bond donors (Lipinski definition) is 1. The number of anilines is 1. The van der Waals surface area contributed by atoms with Crippen molar-refractivity contribution in [3.8, 4) is 0 Å². The molecule has 2 aromatic heterocycles. The van der Waals surface area contributed by atoms with Crippen molar-refractivity contribution in [1.29, 1.82) is 0 Å². The Labute approximate surface area is 133 Å². The molecule has 4 nitrogen and oxygen atoms in total. The fourth-order valence-corrected chi connectivity index (χ4v) is 3.39. The maximum Gasteiger partial charge on any atom is 0.250 e. The van der Waals surface area contributed by atoms with E-state index in [0.29, 0.717) is 17.0 Å². The zero-order valence-electron chi connectivity index (χ0n) is 12.4. The maximum atomic E-state index is 11.9. The largest absolute Gasteiger partial charge is 0.461 e. The van der Waals surface area contributed by atoms with Crippen LogP contribution in [0.3, 0.4) is 0 Å². The van der Waals surface area contributed by atoms with Gasteiger partial charge in [-0.05, 0) is 43.4 Å². The predicted octanol–water partition coefficient (Wildman–Crippen LogP) is 4.39. The van der Waals surface area contributed by atoms with Gasteiger partial charge in [-0.1, -0.05) is 6.92 Å². The van der Waals surface area contributed by atoms with Crippen LogP contribution < -0.4 is 5.32 Å². The average molecular weight is 314 g/mol. The molecule has 0 saturated heterocycles. The zero-order chi connectivity index (χ0) is 15.1. The van der Waals surface area contributed by atoms with Crippen molar-refractivity contribution in [3.63, 3.8) is 0 Å². The zero-order valence-corrected chi connectivity index (χ0v) is 13.2. The first-order valence-electron chi connectivity index (χ1n) is 7.73. The normalized spacial score (nSPS) is 23.9. The molecule has 1 N–H and O–H groups in total. The summed E-state index contributed by atoms with van der Waals surface area (Å²) in [6.45, 7) is 2.22. The van der Waals surface area contributed by atoms with Gasteiger partial charge < -0.3 is 4.42 Å². The smallest absolute Gasteiger partial charge is 0.250 e. The third kappa shape index (κ3) is 2.99. The van der Waals surface area contributed by atoms with Gasteiger partial charge in [-0.2, -0.15) is 0 Å². The number of rotatable bonds is 5. The van der Waals surface area contributed by atoms with Gasteiger partial charge in [-0.25, -0.2) is 4.98 Å². The van der Waals surface area contributed by atoms with E-state index in [1.54, 1.807) is 6.08 Å². The summed E-state index contributed by atoms with van der Waals surface area (Å²) in [6.07, 6.45) is 6.85. The Balaban J connectivity index is 1.35. The van der Waals surface area contributed by atoms with E-state index in [9.17, 15) is 4.79 Å². The minimum Gasteiger partial charge on any atom is -0.461 e. The molecule has 2 heterocycles. The molecule has 0 radical (unpaired) electrons. The topological polar surface area (TPSA) is 55.1 Å². The lowest BCUT2D eigenvalue weighted by atomic mass is 10.3. The van der Waals surface area contributed by atoms with Crippen LogP contribution in [0.1, 0.15) is 55.2 Å². The first-order valence-corrected chi connectivity index (χ1v) is 8.61. The van der Waals surface area contributed by atoms with Crippen molar-refractivity contribution in [3.05, 3.63) is 40.8 Å². The van der Waals surface area contributed by atoms with Crippen LogP contribution in [0, 0.1) is 5.92 Å². The lowest BCUT2D eigenvalue weighted by Crippen LogP contribution is -2.07. The molecule has 2 aliphatic rings. The van der Waals surface area contributed by atoms with Crippen molar-refractivity contribution in [2.75, 3.05) is 5.32 Å². The molecule has 2 unspecified atom stereocenters. The number of hydrogen-bond acceptors (Lipinski definition) is 4. The molecule has 0 aromatic carbocycles. The molecule has 114 valence electrons. The molecule has 4 rings (SSSR count). The van der Waals surface area contributed by atoms with Crippen molar-refractivity contribution in [1.82, 2.24) is 4.98 Å². The van der Waals surface area contributed by atoms with E-state index in [1.807, 2.05) is 17.5 Å². The van der Waals surface area contributed by atoms with Crippen LogP contribution in [0.4, 0.5) is 5.13 Å². The first-order chi connectivity index (χ1) is 10.7. The van der Waals surface area contributed by atoms with Crippen LogP contribution in [0.5, 0.6) is 0 Å². The molecule has 2 saturated carbocycles. The molecule has 2 fully saturated rings. The number of nitrogens with zero attached hydrogens (tertiary/aromatic N) is 1. The number of nitrogens with one attached hydrogen (secondary N) is 1. The van der Waals surface area contributed by atoms with Gasteiger partial charge in [-0.15, -0.1) is 11.3 Å². The highest BCUT2D eigenvalue weighted by atomic mass is 32.1. The van der Waals surface area contributed by atoms with Gasteiger partial charge in [0.05, 0.1) is 5.69 Å². The van der Waals surface area contributed by atoms with Crippen LogP contribution in [0.25, 0.3) is 6.08 Å². The molecule has 1 amide bonds. The van der Waals surface area contributed by atoms with E-state index >= 15 is 0 Å². The highest BCUT2D eigenvalue weighted by molar-refractivity contribution is 7.14. The van der Waals surface area contributed by atoms with Crippen LogP contribution in [0.2, 0.25) is 0 Å². The molecule has 5 heteroatoms. The Morgan fingerprint density at radius 1 is 1.45 bits per heavy atom. The number of thiazole rings is 1. The summed E-state index contributed by atoms with van der Waals surface area (Å²) in [6, 6.07) is 3.92. The van der Waals surface area contributed by atoms with Crippen molar-refractivity contribution in [2.45, 2.75) is 38.0 Å². The van der Waals surface area contributed by atoms with Crippen LogP contribution >= 0.6 is 11.3 Å². The predicted molar refractivity (Wildman–Crippen MR) is 87.0 cm³/mol. The van der Waals surface area contributed by atoms with Crippen molar-refractivity contribution >= 4 is 28.5 Å². The maximum absolute atomic E-state index is 11.9. The number of aromatic nitrogens is 1. The van der Waals surface area contributed by atoms with E-state index in [-0.39, 0.29) is 5.91 Å². The second kappa shape index (κ2) is 5.39. The Morgan fingerprint density at radius 3 is 3.00 bits per heavy atom. The molecule has 0 spiro atoms. The summed E-state index contributed by atoms with van der Waals surface area (Å²) < 4.78 is 5.74. The highest BCUT2D eigenvalue weighted by Crippen LogP contribution is 2.47. The standard InChI is InChI=1S/C17H18N2O2S/c1-10-8-13(10)15-6-4-12(21-15)5-7-16(20)19-17-18-14(9-22-17)11-2-3-11/h4-7,9-11,13H,2-3,8H2,1H3,(H,18,19,20)/b7-5+. The van der Waals surface area contributed by atoms with E-state index < -0.39 is 0 Å². The van der Waals surface area contributed by atoms with Gasteiger partial charge in [0.2, 0.25) is 5.91 Å². The Hall–Kier alpha value is -1.88. The summed E-state index contributed by atoms with van der Waals surface area (Å²) in [4.78, 5) is 16.4. The molecular weight excluding hydrogens is 296 g/mol. The molecule has 0 aliphatic heterocycles. The molecule has 2 atom stereocenters. The fraction of sp³-hybridized carbons (Fsp3) is 0.412. The third-order valence-corrected chi connectivity index (χ3v) is 5.05. The van der Waals surface area contributed by atoms with Crippen LogP contribution in [0.15, 0.2) is 28.0 Å². The minimum atomic E-state index is -0.172. The SMILES string of the molecule is CC1CC1c1ccc(/C=C/C(=O)Nc2nc(C3CC3)cs2)o1. The quantitative estimate of drug-likeness (QED) is 0.833. The summed E-state index contributed by atoms with van der Waals surface area (Å²) in [5.74, 6) is 3.48. The van der Waals surface area contributed by atoms with Gasteiger partial charge >= 0.3 is 0 Å². The number of carbonyl (C=O) groups excluding carboxylic acids is 1. The van der Waals surface area contributed by atoms with Gasteiger partial charge in [0.1, 0.15) is 11.5 Å². The van der Waals surface area contributed by atoms with Crippen LogP contribution in [-0.2, 0) is 4.79 Å². The minimum absolute atomic E-state index is 0.172. The summed E-state index contributed by atoms with van der Waals surface area (Å²) >= 11 is 1.48. The highest BCUT2D eigenvalue weighted by Gasteiger charge is 2.36. The molecule has 0 bridgehead atoms. The van der Waals surface area contributed by atoms with Crippen molar-refractivity contribution in [2.24, 2.45) is 5.92 Å². The van der Waals surface area contributed by atoms with Gasteiger partial charge in [0.25, 0.3) is 0 Å². The van der Waals surface area contributed by atoms with Crippen LogP contribution in [-0.4, -0.2) is 10.9 Å². The van der Waals surface area contributed by atoms with E-state index in [0.717, 1.165) is 23.1 Å². The van der Waals surface area contributed by atoms with E-state index in [1.165, 1.54) is 36.7 Å². The molecule has 2 aliphatic carbocycles. The third-order valence-electron chi connectivity index (χ3n) is 4.27. The summed E-state index contributed by atoms with van der Waals surface area (Å²) in [5.41, 5.74) is 1.11. The fourth-order valence-electron chi connectivity index (χ4n) is 2.59. The number of amides is 1. The number of furan rings is 1. The average Bonchev–Trinajstić information content (AvgIpc) is 3.38. The molecule has 22 heavy (non-hydrogen) atoms. The Bertz CT molecular complexity index is 727. The second-order valence-electron chi connectivity index (χ2n) is 6.23. The number of carbonyl (C=O) groups is 1. The lowest BCUT2D eigenvalue weighted by molar-refractivity contribution is -0.111. The van der Waals surface area contributed by atoms with Gasteiger partial charge in [0.15, 0.2) is 5.13 Å². The van der Waals surface area contributed by atoms with Crippen molar-refractivity contribution < 1.29 is 9.21 Å². The van der Waals surface area contributed by atoms with E-state index in [2.05, 4.69) is 17.2 Å². The molecular formula is C17H18N2O2S. The monoisotopic (exact) mass is 314 g/mol.